The molecule has 5 rings (SSSR count). The Labute approximate surface area is 191 Å². The molecule has 0 spiro atoms. The summed E-state index contributed by atoms with van der Waals surface area (Å²) in [5.74, 6) is 0.776. The van der Waals surface area contributed by atoms with Gasteiger partial charge in [0.15, 0.2) is 11.2 Å². The lowest BCUT2D eigenvalue weighted by Crippen LogP contribution is -2.43. The number of aryl methyl sites for hydroxylation is 1. The Hall–Kier alpha value is -3.61. The average molecular weight is 445 g/mol. The van der Waals surface area contributed by atoms with Crippen LogP contribution in [-0.4, -0.2) is 25.3 Å². The van der Waals surface area contributed by atoms with E-state index < -0.39 is 0 Å². The van der Waals surface area contributed by atoms with Gasteiger partial charge in [-0.1, -0.05) is 55.7 Å². The average Bonchev–Trinajstić information content (AvgIpc) is 3.26. The first-order valence-corrected chi connectivity index (χ1v) is 11.6. The summed E-state index contributed by atoms with van der Waals surface area (Å²) in [7, 11) is 0. The normalized spacial score (nSPS) is 14.6. The zero-order valence-electron chi connectivity index (χ0n) is 18.8. The standard InChI is InChI=1S/C26H28N4O3/c1-19-10-8-9-15-22(19)30-24-23(25(31)29(26(30)32)20-11-4-2-5-12-20)28(18-27-24)16-17-33-21-13-6-3-7-14-21/h3,6-10,13-15,18,20H,2,4-5,11-12,16-17H2,1H3. The number of imidazole rings is 1. The van der Waals surface area contributed by atoms with E-state index in [1.165, 1.54) is 4.57 Å². The summed E-state index contributed by atoms with van der Waals surface area (Å²) >= 11 is 0. The molecule has 0 bridgehead atoms. The number of ether oxygens (including phenoxy) is 1. The maximum absolute atomic E-state index is 13.7. The third-order valence-corrected chi connectivity index (χ3v) is 6.49. The third kappa shape index (κ3) is 3.99. The number of benzene rings is 2. The van der Waals surface area contributed by atoms with Gasteiger partial charge in [0, 0.05) is 6.04 Å². The van der Waals surface area contributed by atoms with Crippen LogP contribution >= 0.6 is 0 Å². The molecule has 4 aromatic rings. The molecule has 0 unspecified atom stereocenters. The third-order valence-electron chi connectivity index (χ3n) is 6.49. The predicted octanol–water partition coefficient (Wildman–Crippen LogP) is 4.24. The van der Waals surface area contributed by atoms with Crippen LogP contribution in [-0.2, 0) is 6.54 Å². The molecular weight excluding hydrogens is 416 g/mol. The van der Waals surface area contributed by atoms with Crippen molar-refractivity contribution in [2.24, 2.45) is 0 Å². The van der Waals surface area contributed by atoms with Crippen molar-refractivity contribution in [3.63, 3.8) is 0 Å². The fourth-order valence-corrected chi connectivity index (χ4v) is 4.79. The molecule has 1 fully saturated rings. The van der Waals surface area contributed by atoms with Crippen molar-refractivity contribution in [3.05, 3.63) is 87.3 Å². The lowest BCUT2D eigenvalue weighted by Gasteiger charge is -2.24. The Balaban J connectivity index is 1.63. The fourth-order valence-electron chi connectivity index (χ4n) is 4.79. The van der Waals surface area contributed by atoms with Gasteiger partial charge in [-0.15, -0.1) is 0 Å². The monoisotopic (exact) mass is 444 g/mol. The minimum absolute atomic E-state index is 0.0812. The Morgan fingerprint density at radius 2 is 1.70 bits per heavy atom. The van der Waals surface area contributed by atoms with Gasteiger partial charge >= 0.3 is 5.69 Å². The van der Waals surface area contributed by atoms with E-state index in [1.54, 1.807) is 10.9 Å². The van der Waals surface area contributed by atoms with Gasteiger partial charge in [-0.05, 0) is 43.5 Å². The van der Waals surface area contributed by atoms with Gasteiger partial charge in [-0.2, -0.15) is 0 Å². The summed E-state index contributed by atoms with van der Waals surface area (Å²) in [6.45, 7) is 2.81. The molecule has 0 amide bonds. The first kappa shape index (κ1) is 21.2. The molecule has 2 aromatic heterocycles. The van der Waals surface area contributed by atoms with Crippen LogP contribution in [0.15, 0.2) is 70.5 Å². The lowest BCUT2D eigenvalue weighted by atomic mass is 9.95. The van der Waals surface area contributed by atoms with Crippen molar-refractivity contribution in [1.29, 1.82) is 0 Å². The highest BCUT2D eigenvalue weighted by molar-refractivity contribution is 5.73. The summed E-state index contributed by atoms with van der Waals surface area (Å²) in [6, 6.07) is 17.2. The summed E-state index contributed by atoms with van der Waals surface area (Å²) in [5, 5.41) is 0. The minimum atomic E-state index is -0.306. The fraction of sp³-hybridized carbons (Fsp3) is 0.346. The molecule has 33 heavy (non-hydrogen) atoms. The highest BCUT2D eigenvalue weighted by atomic mass is 16.5. The SMILES string of the molecule is Cc1ccccc1-n1c(=O)n(C2CCCCC2)c(=O)c2c1ncn2CCOc1ccccc1. The molecule has 170 valence electrons. The summed E-state index contributed by atoms with van der Waals surface area (Å²) in [6.07, 6.45) is 6.54. The van der Waals surface area contributed by atoms with E-state index in [4.69, 9.17) is 4.74 Å². The van der Waals surface area contributed by atoms with Crippen LogP contribution in [0, 0.1) is 6.92 Å². The van der Waals surface area contributed by atoms with Gasteiger partial charge in [0.05, 0.1) is 18.6 Å². The van der Waals surface area contributed by atoms with Crippen molar-refractivity contribution >= 4 is 11.2 Å². The first-order chi connectivity index (χ1) is 16.1. The quantitative estimate of drug-likeness (QED) is 0.446. The first-order valence-electron chi connectivity index (χ1n) is 11.6. The van der Waals surface area contributed by atoms with Gasteiger partial charge in [-0.3, -0.25) is 9.36 Å². The molecule has 2 aromatic carbocycles. The Kier molecular flexibility index (Phi) is 5.86. The molecule has 0 N–H and O–H groups in total. The zero-order chi connectivity index (χ0) is 22.8. The van der Waals surface area contributed by atoms with Crippen molar-refractivity contribution in [3.8, 4) is 11.4 Å². The number of fused-ring (bicyclic) bond motifs is 1. The zero-order valence-corrected chi connectivity index (χ0v) is 18.8. The molecule has 0 aliphatic heterocycles. The summed E-state index contributed by atoms with van der Waals surface area (Å²) < 4.78 is 10.7. The minimum Gasteiger partial charge on any atom is -0.492 e. The maximum atomic E-state index is 13.7. The second kappa shape index (κ2) is 9.10. The smallest absolute Gasteiger partial charge is 0.337 e. The van der Waals surface area contributed by atoms with Gasteiger partial charge < -0.3 is 9.30 Å². The van der Waals surface area contributed by atoms with Crippen LogP contribution in [0.4, 0.5) is 0 Å². The van der Waals surface area contributed by atoms with E-state index in [-0.39, 0.29) is 17.3 Å². The molecule has 1 aliphatic carbocycles. The molecule has 7 nitrogen and oxygen atoms in total. The molecule has 1 aliphatic rings. The summed E-state index contributed by atoms with van der Waals surface area (Å²) in [4.78, 5) is 31.9. The number of hydrogen-bond acceptors (Lipinski definition) is 4. The highest BCUT2D eigenvalue weighted by Crippen LogP contribution is 2.27. The van der Waals surface area contributed by atoms with Crippen molar-refractivity contribution in [2.75, 3.05) is 6.61 Å². The molecule has 0 radical (unpaired) electrons. The molecule has 7 heteroatoms. The number of nitrogens with zero attached hydrogens (tertiary/aromatic N) is 4. The highest BCUT2D eigenvalue weighted by Gasteiger charge is 2.25. The van der Waals surface area contributed by atoms with E-state index in [0.717, 1.165) is 49.1 Å². The molecule has 1 saturated carbocycles. The Morgan fingerprint density at radius 1 is 0.970 bits per heavy atom. The van der Waals surface area contributed by atoms with E-state index >= 15 is 0 Å². The topological polar surface area (TPSA) is 71.0 Å². The number of rotatable bonds is 6. The van der Waals surface area contributed by atoms with Crippen molar-refractivity contribution in [2.45, 2.75) is 51.6 Å². The van der Waals surface area contributed by atoms with Crippen LogP contribution < -0.4 is 16.0 Å². The number of aromatic nitrogens is 4. The number of para-hydroxylation sites is 2. The van der Waals surface area contributed by atoms with Gasteiger partial charge in [0.1, 0.15) is 12.4 Å². The van der Waals surface area contributed by atoms with Crippen LogP contribution in [0.3, 0.4) is 0 Å². The van der Waals surface area contributed by atoms with E-state index in [1.807, 2.05) is 66.1 Å². The lowest BCUT2D eigenvalue weighted by molar-refractivity contribution is 0.299. The second-order valence-electron chi connectivity index (χ2n) is 8.64. The molecular formula is C26H28N4O3. The van der Waals surface area contributed by atoms with Gasteiger partial charge in [-0.25, -0.2) is 14.3 Å². The summed E-state index contributed by atoms with van der Waals surface area (Å²) in [5.41, 5.74) is 1.98. The largest absolute Gasteiger partial charge is 0.492 e. The molecule has 2 heterocycles. The van der Waals surface area contributed by atoms with Crippen LogP contribution in [0.5, 0.6) is 5.75 Å². The molecule has 0 atom stereocenters. The number of hydrogen-bond donors (Lipinski definition) is 0. The van der Waals surface area contributed by atoms with Crippen LogP contribution in [0.25, 0.3) is 16.9 Å². The Bertz CT molecular complexity index is 1380. The predicted molar refractivity (Wildman–Crippen MR) is 128 cm³/mol. The Morgan fingerprint density at radius 3 is 2.45 bits per heavy atom. The van der Waals surface area contributed by atoms with Crippen LogP contribution in [0.2, 0.25) is 0 Å². The van der Waals surface area contributed by atoms with E-state index in [2.05, 4.69) is 4.98 Å². The second-order valence-corrected chi connectivity index (χ2v) is 8.64. The maximum Gasteiger partial charge on any atom is 0.337 e. The van der Waals surface area contributed by atoms with Crippen molar-refractivity contribution in [1.82, 2.24) is 18.7 Å². The van der Waals surface area contributed by atoms with Gasteiger partial charge in [0.25, 0.3) is 5.56 Å². The van der Waals surface area contributed by atoms with Gasteiger partial charge in [0.2, 0.25) is 0 Å². The molecule has 0 saturated heterocycles. The van der Waals surface area contributed by atoms with E-state index in [0.29, 0.717) is 24.3 Å². The van der Waals surface area contributed by atoms with Crippen LogP contribution in [0.1, 0.15) is 43.7 Å². The van der Waals surface area contributed by atoms with E-state index in [9.17, 15) is 9.59 Å². The van der Waals surface area contributed by atoms with Crippen molar-refractivity contribution < 1.29 is 4.74 Å².